The zero-order chi connectivity index (χ0) is 19.0. The highest BCUT2D eigenvalue weighted by Crippen LogP contribution is 2.35. The third kappa shape index (κ3) is 3.27. The van der Waals surface area contributed by atoms with E-state index in [-0.39, 0.29) is 12.5 Å². The minimum Gasteiger partial charge on any atom is -0.395 e. The summed E-state index contributed by atoms with van der Waals surface area (Å²) in [4.78, 5) is 11.2. The topological polar surface area (TPSA) is 176 Å². The summed E-state index contributed by atoms with van der Waals surface area (Å²) in [6.07, 6.45) is -0.0829. The second-order valence-electron chi connectivity index (χ2n) is 6.96. The minimum atomic E-state index is -1.26. The van der Waals surface area contributed by atoms with Gasteiger partial charge in [0.25, 0.3) is 0 Å². The number of nitrogens with two attached hydrogens (primary N) is 2. The Kier molecular flexibility index (Phi) is 5.42. The maximum atomic E-state index is 10.5. The van der Waals surface area contributed by atoms with E-state index in [0.29, 0.717) is 22.4 Å². The number of hydrogen-bond donors (Lipinski definition) is 7. The van der Waals surface area contributed by atoms with E-state index in [1.54, 1.807) is 6.20 Å². The summed E-state index contributed by atoms with van der Waals surface area (Å²) in [5, 5.41) is 33.5. The number of aromatic nitrogens is 3. The molecule has 3 heterocycles. The van der Waals surface area contributed by atoms with Gasteiger partial charge in [-0.1, -0.05) is 13.8 Å². The number of nitrogens with one attached hydrogen (secondary N) is 2. The molecule has 6 unspecified atom stereocenters. The van der Waals surface area contributed by atoms with E-state index >= 15 is 0 Å². The quantitative estimate of drug-likeness (QED) is 0.303. The molecule has 1 fully saturated rings. The van der Waals surface area contributed by atoms with Crippen LogP contribution in [0.25, 0.3) is 11.0 Å². The SMILES string of the molecule is CC(C)C(N)C(O)OC1C(c2c[nH]c3c(N)ncnc23)NC(CO)C1O. The van der Waals surface area contributed by atoms with Crippen molar-refractivity contribution in [1.82, 2.24) is 20.3 Å². The summed E-state index contributed by atoms with van der Waals surface area (Å²) in [5.41, 5.74) is 13.7. The van der Waals surface area contributed by atoms with Gasteiger partial charge in [0.15, 0.2) is 12.1 Å². The smallest absolute Gasteiger partial charge is 0.170 e. The first-order valence-corrected chi connectivity index (χ1v) is 8.56. The fourth-order valence-electron chi connectivity index (χ4n) is 3.23. The number of hydrogen-bond acceptors (Lipinski definition) is 9. The lowest BCUT2D eigenvalue weighted by Crippen LogP contribution is -2.46. The zero-order valence-electron chi connectivity index (χ0n) is 14.7. The van der Waals surface area contributed by atoms with Gasteiger partial charge in [-0.05, 0) is 5.92 Å². The number of rotatable bonds is 6. The molecule has 0 amide bonds. The maximum absolute atomic E-state index is 10.5. The molecule has 10 nitrogen and oxygen atoms in total. The Morgan fingerprint density at radius 2 is 2.08 bits per heavy atom. The van der Waals surface area contributed by atoms with Crippen molar-refractivity contribution < 1.29 is 20.1 Å². The van der Waals surface area contributed by atoms with E-state index < -0.39 is 36.6 Å². The monoisotopic (exact) mass is 366 g/mol. The Morgan fingerprint density at radius 1 is 1.35 bits per heavy atom. The van der Waals surface area contributed by atoms with Crippen molar-refractivity contribution in [2.45, 2.75) is 50.5 Å². The van der Waals surface area contributed by atoms with Gasteiger partial charge in [-0.25, -0.2) is 9.97 Å². The summed E-state index contributed by atoms with van der Waals surface area (Å²) in [5.74, 6) is 0.294. The largest absolute Gasteiger partial charge is 0.395 e. The van der Waals surface area contributed by atoms with Gasteiger partial charge in [-0.15, -0.1) is 0 Å². The number of H-pyrrole nitrogens is 1. The Hall–Kier alpha value is -1.82. The molecule has 2 aromatic rings. The molecule has 1 aliphatic heterocycles. The Bertz CT molecular complexity index is 753. The maximum Gasteiger partial charge on any atom is 0.170 e. The molecule has 0 spiro atoms. The van der Waals surface area contributed by atoms with Gasteiger partial charge in [0, 0.05) is 11.8 Å². The summed E-state index contributed by atoms with van der Waals surface area (Å²) >= 11 is 0. The molecule has 2 aromatic heterocycles. The third-order valence-electron chi connectivity index (χ3n) is 4.92. The number of ether oxygens (including phenoxy) is 1. The minimum absolute atomic E-state index is 0.00998. The lowest BCUT2D eigenvalue weighted by Gasteiger charge is -2.29. The van der Waals surface area contributed by atoms with Crippen molar-refractivity contribution >= 4 is 16.9 Å². The molecule has 3 rings (SSSR count). The molecule has 26 heavy (non-hydrogen) atoms. The molecule has 0 bridgehead atoms. The van der Waals surface area contributed by atoms with Crippen LogP contribution in [0.3, 0.4) is 0 Å². The molecule has 0 saturated carbocycles. The van der Waals surface area contributed by atoms with Crippen molar-refractivity contribution in [3.05, 3.63) is 18.1 Å². The van der Waals surface area contributed by atoms with Gasteiger partial charge in [-0.3, -0.25) is 0 Å². The average Bonchev–Trinajstić information content (AvgIpc) is 3.17. The summed E-state index contributed by atoms with van der Waals surface area (Å²) < 4.78 is 5.71. The normalized spacial score (nSPS) is 28.7. The number of fused-ring (bicyclic) bond motifs is 1. The molecule has 1 aliphatic rings. The van der Waals surface area contributed by atoms with E-state index in [1.165, 1.54) is 6.33 Å². The first-order valence-electron chi connectivity index (χ1n) is 8.56. The van der Waals surface area contributed by atoms with Crippen molar-refractivity contribution in [3.63, 3.8) is 0 Å². The third-order valence-corrected chi connectivity index (χ3v) is 4.92. The molecule has 6 atom stereocenters. The Morgan fingerprint density at radius 3 is 2.73 bits per heavy atom. The summed E-state index contributed by atoms with van der Waals surface area (Å²) in [6.45, 7) is 3.45. The second kappa shape index (κ2) is 7.43. The van der Waals surface area contributed by atoms with Gasteiger partial charge in [0.1, 0.15) is 17.9 Å². The van der Waals surface area contributed by atoms with Crippen LogP contribution in [0.2, 0.25) is 0 Å². The first-order chi connectivity index (χ1) is 12.3. The highest BCUT2D eigenvalue weighted by Gasteiger charge is 2.46. The predicted molar refractivity (Wildman–Crippen MR) is 94.8 cm³/mol. The van der Waals surface area contributed by atoms with E-state index in [2.05, 4.69) is 20.3 Å². The standard InChI is InChI=1S/C16H26N6O4/c1-6(2)9(17)16(25)26-14-11(22-8(4-23)13(14)24)7-3-19-12-10(7)20-5-21-15(12)18/h3,5-6,8-9,11,13-14,16,19,22-25H,4,17H2,1-2H3,(H2,18,20,21). The number of aliphatic hydroxyl groups is 3. The summed E-state index contributed by atoms with van der Waals surface area (Å²) in [7, 11) is 0. The fourth-order valence-corrected chi connectivity index (χ4v) is 3.23. The molecule has 9 N–H and O–H groups in total. The number of anilines is 1. The van der Waals surface area contributed by atoms with Gasteiger partial charge in [0.05, 0.1) is 36.4 Å². The van der Waals surface area contributed by atoms with Crippen molar-refractivity contribution in [1.29, 1.82) is 0 Å². The molecule has 144 valence electrons. The van der Waals surface area contributed by atoms with Gasteiger partial charge in [-0.2, -0.15) is 0 Å². The van der Waals surface area contributed by atoms with Crippen LogP contribution in [-0.2, 0) is 4.74 Å². The highest BCUT2D eigenvalue weighted by molar-refractivity contribution is 5.87. The van der Waals surface area contributed by atoms with Crippen LogP contribution in [0.15, 0.2) is 12.5 Å². The van der Waals surface area contributed by atoms with Crippen molar-refractivity contribution in [2.24, 2.45) is 11.7 Å². The van der Waals surface area contributed by atoms with E-state index in [9.17, 15) is 15.3 Å². The van der Waals surface area contributed by atoms with Gasteiger partial charge in [0.2, 0.25) is 0 Å². The Balaban J connectivity index is 1.93. The zero-order valence-corrected chi connectivity index (χ0v) is 14.7. The van der Waals surface area contributed by atoms with E-state index in [1.807, 2.05) is 13.8 Å². The van der Waals surface area contributed by atoms with Crippen LogP contribution in [-0.4, -0.2) is 67.5 Å². The second-order valence-corrected chi connectivity index (χ2v) is 6.96. The highest BCUT2D eigenvalue weighted by atomic mass is 16.6. The number of aliphatic hydroxyl groups excluding tert-OH is 3. The average molecular weight is 366 g/mol. The number of aromatic amines is 1. The van der Waals surface area contributed by atoms with Gasteiger partial charge < -0.3 is 41.8 Å². The van der Waals surface area contributed by atoms with Crippen molar-refractivity contribution in [2.75, 3.05) is 12.3 Å². The molecule has 10 heteroatoms. The van der Waals surface area contributed by atoms with Crippen LogP contribution >= 0.6 is 0 Å². The molecule has 0 radical (unpaired) electrons. The Labute approximate surface area is 150 Å². The lowest BCUT2D eigenvalue weighted by molar-refractivity contribution is -0.177. The predicted octanol–water partition coefficient (Wildman–Crippen LogP) is -1.41. The first kappa shape index (κ1) is 19.0. The van der Waals surface area contributed by atoms with E-state index in [0.717, 1.165) is 0 Å². The fraction of sp³-hybridized carbons (Fsp3) is 0.625. The number of nitrogen functional groups attached to an aromatic ring is 1. The van der Waals surface area contributed by atoms with E-state index in [4.69, 9.17) is 16.2 Å². The van der Waals surface area contributed by atoms with Crippen LogP contribution in [0, 0.1) is 5.92 Å². The summed E-state index contributed by atoms with van der Waals surface area (Å²) in [6, 6.07) is -1.76. The number of nitrogens with zero attached hydrogens (tertiary/aromatic N) is 2. The van der Waals surface area contributed by atoms with Gasteiger partial charge >= 0.3 is 0 Å². The van der Waals surface area contributed by atoms with Crippen LogP contribution < -0.4 is 16.8 Å². The molecule has 0 aromatic carbocycles. The molecule has 0 aliphatic carbocycles. The molecular formula is C16H26N6O4. The van der Waals surface area contributed by atoms with Crippen molar-refractivity contribution in [3.8, 4) is 0 Å². The van der Waals surface area contributed by atoms with Crippen LogP contribution in [0.4, 0.5) is 5.82 Å². The van der Waals surface area contributed by atoms with Crippen LogP contribution in [0.1, 0.15) is 25.5 Å². The molecular weight excluding hydrogens is 340 g/mol. The lowest BCUT2D eigenvalue weighted by atomic mass is 10.0. The molecule has 1 saturated heterocycles. The van der Waals surface area contributed by atoms with Crippen LogP contribution in [0.5, 0.6) is 0 Å².